The molecule has 26 heavy (non-hydrogen) atoms. The van der Waals surface area contributed by atoms with Crippen LogP contribution in [0.3, 0.4) is 0 Å². The van der Waals surface area contributed by atoms with Crippen molar-refractivity contribution in [3.05, 3.63) is 77.1 Å². The second kappa shape index (κ2) is 6.07. The Morgan fingerprint density at radius 2 is 1.88 bits per heavy atom. The number of ether oxygens (including phenoxy) is 1. The molecule has 0 aliphatic rings. The van der Waals surface area contributed by atoms with Gasteiger partial charge in [-0.05, 0) is 24.3 Å². The van der Waals surface area contributed by atoms with E-state index in [0.717, 1.165) is 0 Å². The van der Waals surface area contributed by atoms with Gasteiger partial charge in [-0.15, -0.1) is 0 Å². The highest BCUT2D eigenvalue weighted by atomic mass is 19.1. The summed E-state index contributed by atoms with van der Waals surface area (Å²) in [6.45, 7) is 0. The molecule has 0 unspecified atom stereocenters. The number of halogens is 1. The van der Waals surface area contributed by atoms with Crippen LogP contribution in [-0.2, 0) is 7.05 Å². The van der Waals surface area contributed by atoms with Crippen molar-refractivity contribution in [1.82, 2.24) is 9.55 Å². The summed E-state index contributed by atoms with van der Waals surface area (Å²) in [5.74, 6) is 0.000458. The van der Waals surface area contributed by atoms with Crippen LogP contribution in [0.25, 0.3) is 22.0 Å². The van der Waals surface area contributed by atoms with E-state index in [-0.39, 0.29) is 17.0 Å². The number of hydrogen-bond acceptors (Lipinski definition) is 3. The number of fused-ring (bicyclic) bond motifs is 1. The molecule has 6 heteroatoms. The lowest BCUT2D eigenvalue weighted by molar-refractivity contribution is 0.444. The second-order valence-corrected chi connectivity index (χ2v) is 6.02. The first-order valence-electron chi connectivity index (χ1n) is 8.03. The number of rotatable bonds is 3. The Balaban J connectivity index is 1.99. The van der Waals surface area contributed by atoms with Crippen LogP contribution < -0.4 is 16.0 Å². The van der Waals surface area contributed by atoms with E-state index in [4.69, 9.17) is 10.5 Å². The van der Waals surface area contributed by atoms with Gasteiger partial charge in [0.25, 0.3) is 5.56 Å². The van der Waals surface area contributed by atoms with E-state index < -0.39 is 5.82 Å². The first-order valence-corrected chi connectivity index (χ1v) is 8.03. The molecule has 4 aromatic rings. The fourth-order valence-electron chi connectivity index (χ4n) is 3.01. The lowest BCUT2D eigenvalue weighted by Gasteiger charge is -2.15. The Hall–Kier alpha value is -3.54. The summed E-state index contributed by atoms with van der Waals surface area (Å²) in [6, 6.07) is 13.6. The van der Waals surface area contributed by atoms with Gasteiger partial charge in [0.15, 0.2) is 11.6 Å². The number of aromatic nitrogens is 2. The first-order chi connectivity index (χ1) is 12.5. The molecule has 4 rings (SSSR count). The zero-order valence-electron chi connectivity index (χ0n) is 14.0. The third kappa shape index (κ3) is 2.61. The maximum Gasteiger partial charge on any atom is 0.274 e. The number of anilines is 1. The van der Waals surface area contributed by atoms with Crippen LogP contribution in [0.5, 0.6) is 11.5 Å². The van der Waals surface area contributed by atoms with E-state index in [2.05, 4.69) is 4.98 Å². The number of para-hydroxylation sites is 1. The summed E-state index contributed by atoms with van der Waals surface area (Å²) in [5, 5.41) is 0.677. The number of nitrogens with one attached hydrogen (secondary N) is 1. The van der Waals surface area contributed by atoms with Crippen molar-refractivity contribution in [2.45, 2.75) is 0 Å². The summed E-state index contributed by atoms with van der Waals surface area (Å²) < 4.78 is 22.0. The van der Waals surface area contributed by atoms with Crippen LogP contribution in [0, 0.1) is 5.82 Å². The van der Waals surface area contributed by atoms with Gasteiger partial charge in [-0.1, -0.05) is 18.2 Å². The molecular formula is C20H16FN3O2. The SMILES string of the molecule is Cn1cc(-c2cc(N)cc(F)c2Oc2ccccc2)c2cc[nH]c2c1=O. The van der Waals surface area contributed by atoms with Crippen molar-refractivity contribution in [2.24, 2.45) is 7.05 Å². The minimum atomic E-state index is -0.568. The average molecular weight is 349 g/mol. The molecule has 0 aliphatic carbocycles. The molecule has 3 N–H and O–H groups in total. The molecule has 0 saturated carbocycles. The highest BCUT2D eigenvalue weighted by Crippen LogP contribution is 2.39. The normalized spacial score (nSPS) is 11.0. The van der Waals surface area contributed by atoms with Crippen LogP contribution >= 0.6 is 0 Å². The molecule has 0 fully saturated rings. The van der Waals surface area contributed by atoms with E-state index in [1.807, 2.05) is 6.07 Å². The van der Waals surface area contributed by atoms with Gasteiger partial charge in [0, 0.05) is 47.7 Å². The molecule has 0 spiro atoms. The Bertz CT molecular complexity index is 1160. The number of pyridine rings is 1. The Morgan fingerprint density at radius 1 is 1.12 bits per heavy atom. The third-order valence-corrected chi connectivity index (χ3v) is 4.21. The standard InChI is InChI=1S/C20H16FN3O2/c1-24-11-16(14-7-8-23-18(14)20(24)25)15-9-12(22)10-17(21)19(15)26-13-5-3-2-4-6-13/h2-11,23H,22H2,1H3. The summed E-state index contributed by atoms with van der Waals surface area (Å²) in [4.78, 5) is 15.2. The van der Waals surface area contributed by atoms with Crippen molar-refractivity contribution in [3.8, 4) is 22.6 Å². The largest absolute Gasteiger partial charge is 0.454 e. The molecule has 0 bridgehead atoms. The molecule has 130 valence electrons. The van der Waals surface area contributed by atoms with Crippen LogP contribution in [0.1, 0.15) is 0 Å². The predicted molar refractivity (Wildman–Crippen MR) is 99.9 cm³/mol. The lowest BCUT2D eigenvalue weighted by Crippen LogP contribution is -2.16. The smallest absolute Gasteiger partial charge is 0.274 e. The molecule has 0 saturated heterocycles. The van der Waals surface area contributed by atoms with Gasteiger partial charge in [-0.3, -0.25) is 4.79 Å². The summed E-state index contributed by atoms with van der Waals surface area (Å²) >= 11 is 0. The number of hydrogen-bond donors (Lipinski definition) is 2. The van der Waals surface area contributed by atoms with Gasteiger partial charge in [-0.25, -0.2) is 4.39 Å². The predicted octanol–water partition coefficient (Wildman–Crippen LogP) is 4.05. The first kappa shape index (κ1) is 16.0. The van der Waals surface area contributed by atoms with Crippen LogP contribution in [0.15, 0.2) is 65.7 Å². The number of nitrogen functional groups attached to an aromatic ring is 1. The van der Waals surface area contributed by atoms with E-state index in [1.54, 1.807) is 55.8 Å². The van der Waals surface area contributed by atoms with Gasteiger partial charge >= 0.3 is 0 Å². The summed E-state index contributed by atoms with van der Waals surface area (Å²) in [6.07, 6.45) is 3.33. The van der Waals surface area contributed by atoms with Crippen molar-refractivity contribution in [3.63, 3.8) is 0 Å². The van der Waals surface area contributed by atoms with E-state index in [0.29, 0.717) is 27.8 Å². The monoisotopic (exact) mass is 349 g/mol. The van der Waals surface area contributed by atoms with Gasteiger partial charge in [0.2, 0.25) is 0 Å². The highest BCUT2D eigenvalue weighted by molar-refractivity contribution is 5.96. The minimum Gasteiger partial charge on any atom is -0.454 e. The van der Waals surface area contributed by atoms with Gasteiger partial charge in [0.05, 0.1) is 0 Å². The number of nitrogens with two attached hydrogens (primary N) is 1. The van der Waals surface area contributed by atoms with Crippen molar-refractivity contribution in [1.29, 1.82) is 0 Å². The molecule has 0 radical (unpaired) electrons. The summed E-state index contributed by atoms with van der Waals surface area (Å²) in [5.41, 5.74) is 7.56. The molecule has 5 nitrogen and oxygen atoms in total. The topological polar surface area (TPSA) is 73.0 Å². The second-order valence-electron chi connectivity index (χ2n) is 6.02. The molecule has 2 heterocycles. The van der Waals surface area contributed by atoms with Crippen molar-refractivity contribution >= 4 is 16.6 Å². The zero-order chi connectivity index (χ0) is 18.3. The fourth-order valence-corrected chi connectivity index (χ4v) is 3.01. The highest BCUT2D eigenvalue weighted by Gasteiger charge is 2.18. The number of aryl methyl sites for hydroxylation is 1. The molecule has 0 atom stereocenters. The number of H-pyrrole nitrogens is 1. The molecule has 2 aromatic heterocycles. The van der Waals surface area contributed by atoms with Crippen LogP contribution in [0.2, 0.25) is 0 Å². The maximum absolute atomic E-state index is 14.7. The van der Waals surface area contributed by atoms with Crippen LogP contribution in [0.4, 0.5) is 10.1 Å². The molecule has 0 amide bonds. The van der Waals surface area contributed by atoms with Crippen molar-refractivity contribution < 1.29 is 9.13 Å². The van der Waals surface area contributed by atoms with Gasteiger partial charge in [0.1, 0.15) is 11.3 Å². The van der Waals surface area contributed by atoms with Crippen LogP contribution in [-0.4, -0.2) is 9.55 Å². The maximum atomic E-state index is 14.7. The lowest BCUT2D eigenvalue weighted by atomic mass is 10.0. The number of nitrogens with zero attached hydrogens (tertiary/aromatic N) is 1. The average Bonchev–Trinajstić information content (AvgIpc) is 3.11. The minimum absolute atomic E-state index is 0.0616. The Kier molecular flexibility index (Phi) is 3.73. The van der Waals surface area contributed by atoms with Gasteiger partial charge < -0.3 is 20.0 Å². The van der Waals surface area contributed by atoms with Gasteiger partial charge in [-0.2, -0.15) is 0 Å². The van der Waals surface area contributed by atoms with E-state index in [9.17, 15) is 9.18 Å². The Morgan fingerprint density at radius 3 is 2.65 bits per heavy atom. The molecular weight excluding hydrogens is 333 g/mol. The molecule has 2 aromatic carbocycles. The van der Waals surface area contributed by atoms with E-state index in [1.165, 1.54) is 10.6 Å². The Labute approximate surface area is 148 Å². The third-order valence-electron chi connectivity index (χ3n) is 4.21. The van der Waals surface area contributed by atoms with Crippen molar-refractivity contribution in [2.75, 3.05) is 5.73 Å². The quantitative estimate of drug-likeness (QED) is 0.548. The summed E-state index contributed by atoms with van der Waals surface area (Å²) in [7, 11) is 1.65. The number of aromatic amines is 1. The molecule has 0 aliphatic heterocycles. The van der Waals surface area contributed by atoms with E-state index >= 15 is 0 Å². The zero-order valence-corrected chi connectivity index (χ0v) is 14.0. The number of benzene rings is 2. The fraction of sp³-hybridized carbons (Fsp3) is 0.0500.